The fourth-order valence-corrected chi connectivity index (χ4v) is 2.50. The van der Waals surface area contributed by atoms with Gasteiger partial charge in [-0.1, -0.05) is 0 Å². The molecule has 0 unspecified atom stereocenters. The molecule has 15 heavy (non-hydrogen) atoms. The molecule has 0 spiro atoms. The van der Waals surface area contributed by atoms with Gasteiger partial charge in [0.2, 0.25) is 5.91 Å². The summed E-state index contributed by atoms with van der Waals surface area (Å²) < 4.78 is 5.47. The molecular formula is C10H15NO4. The second-order valence-electron chi connectivity index (χ2n) is 4.32. The number of nitrogens with zero attached hydrogens (tertiary/aromatic N) is 1. The van der Waals surface area contributed by atoms with Crippen LogP contribution in [0.4, 0.5) is 0 Å². The number of rotatable bonds is 1. The van der Waals surface area contributed by atoms with E-state index < -0.39 is 11.4 Å². The topological polar surface area (TPSA) is 66.8 Å². The van der Waals surface area contributed by atoms with Crippen LogP contribution in [0.2, 0.25) is 0 Å². The first-order valence-electron chi connectivity index (χ1n) is 5.17. The summed E-state index contributed by atoms with van der Waals surface area (Å²) >= 11 is 0. The molecule has 0 aromatic carbocycles. The molecule has 0 aromatic rings. The fraction of sp³-hybridized carbons (Fsp3) is 0.800. The third-order valence-corrected chi connectivity index (χ3v) is 3.43. The first kappa shape index (κ1) is 10.4. The first-order chi connectivity index (χ1) is 7.06. The highest BCUT2D eigenvalue weighted by Crippen LogP contribution is 2.40. The summed E-state index contributed by atoms with van der Waals surface area (Å²) in [6.07, 6.45) is 1.04. The van der Waals surface area contributed by atoms with E-state index in [0.29, 0.717) is 26.1 Å². The van der Waals surface area contributed by atoms with E-state index in [2.05, 4.69) is 0 Å². The number of hydrogen-bond acceptors (Lipinski definition) is 3. The molecule has 5 heteroatoms. The van der Waals surface area contributed by atoms with Gasteiger partial charge in [-0.3, -0.25) is 9.59 Å². The predicted octanol–water partition coefficient (Wildman–Crippen LogP) is 0.0985. The van der Waals surface area contributed by atoms with Gasteiger partial charge in [0.25, 0.3) is 0 Å². The number of fused-ring (bicyclic) bond motifs is 1. The Kier molecular flexibility index (Phi) is 2.42. The molecule has 5 nitrogen and oxygen atoms in total. The third-order valence-electron chi connectivity index (χ3n) is 3.43. The minimum Gasteiger partial charge on any atom is -0.481 e. The molecule has 2 fully saturated rings. The largest absolute Gasteiger partial charge is 0.481 e. The second kappa shape index (κ2) is 3.48. The predicted molar refractivity (Wildman–Crippen MR) is 51.3 cm³/mol. The lowest BCUT2D eigenvalue weighted by atomic mass is 9.79. The van der Waals surface area contributed by atoms with Gasteiger partial charge in [0.05, 0.1) is 6.10 Å². The number of ether oxygens (including phenoxy) is 1. The van der Waals surface area contributed by atoms with Crippen molar-refractivity contribution in [2.75, 3.05) is 19.7 Å². The van der Waals surface area contributed by atoms with Crippen molar-refractivity contribution in [3.8, 4) is 0 Å². The van der Waals surface area contributed by atoms with Crippen LogP contribution in [0.3, 0.4) is 0 Å². The average molecular weight is 213 g/mol. The van der Waals surface area contributed by atoms with Crippen molar-refractivity contribution in [3.63, 3.8) is 0 Å². The van der Waals surface area contributed by atoms with Crippen molar-refractivity contribution >= 4 is 11.9 Å². The Morgan fingerprint density at radius 2 is 2.27 bits per heavy atom. The number of carboxylic acid groups (broad SMARTS) is 1. The van der Waals surface area contributed by atoms with Gasteiger partial charge in [0.1, 0.15) is 5.41 Å². The van der Waals surface area contributed by atoms with E-state index in [1.54, 1.807) is 4.90 Å². The minimum atomic E-state index is -0.857. The molecule has 0 radical (unpaired) electrons. The Hall–Kier alpha value is -1.10. The Balaban J connectivity index is 2.24. The molecule has 1 N–H and O–H groups in total. The zero-order valence-electron chi connectivity index (χ0n) is 8.73. The van der Waals surface area contributed by atoms with E-state index in [-0.39, 0.29) is 12.0 Å². The van der Waals surface area contributed by atoms with Crippen LogP contribution in [0.25, 0.3) is 0 Å². The van der Waals surface area contributed by atoms with E-state index in [1.807, 2.05) is 0 Å². The van der Waals surface area contributed by atoms with Gasteiger partial charge in [-0.2, -0.15) is 0 Å². The molecule has 2 aliphatic rings. The molecule has 1 amide bonds. The van der Waals surface area contributed by atoms with Gasteiger partial charge in [-0.25, -0.2) is 0 Å². The molecule has 0 bridgehead atoms. The summed E-state index contributed by atoms with van der Waals surface area (Å²) in [7, 11) is 0. The van der Waals surface area contributed by atoms with E-state index >= 15 is 0 Å². The Morgan fingerprint density at radius 1 is 1.53 bits per heavy atom. The van der Waals surface area contributed by atoms with Gasteiger partial charge in [-0.05, 0) is 12.8 Å². The molecule has 0 aliphatic carbocycles. The van der Waals surface area contributed by atoms with E-state index in [4.69, 9.17) is 4.74 Å². The van der Waals surface area contributed by atoms with E-state index in [1.165, 1.54) is 6.92 Å². The molecule has 2 heterocycles. The third kappa shape index (κ3) is 1.51. The van der Waals surface area contributed by atoms with Crippen molar-refractivity contribution in [1.82, 2.24) is 4.90 Å². The maximum Gasteiger partial charge on any atom is 0.314 e. The zero-order chi connectivity index (χ0) is 11.1. The van der Waals surface area contributed by atoms with Crippen LogP contribution in [0.1, 0.15) is 19.8 Å². The maximum atomic E-state index is 11.3. The van der Waals surface area contributed by atoms with Gasteiger partial charge in [0.15, 0.2) is 0 Å². The maximum absolute atomic E-state index is 11.3. The highest BCUT2D eigenvalue weighted by Gasteiger charge is 2.55. The number of amides is 1. The van der Waals surface area contributed by atoms with Crippen LogP contribution in [0.15, 0.2) is 0 Å². The van der Waals surface area contributed by atoms with Gasteiger partial charge < -0.3 is 14.7 Å². The summed E-state index contributed by atoms with van der Waals surface area (Å²) in [5.74, 6) is -0.912. The fourth-order valence-electron chi connectivity index (χ4n) is 2.50. The average Bonchev–Trinajstić information content (AvgIpc) is 2.58. The number of carbonyl (C=O) groups excluding carboxylic acids is 1. The van der Waals surface area contributed by atoms with Gasteiger partial charge >= 0.3 is 5.97 Å². The van der Waals surface area contributed by atoms with Crippen molar-refractivity contribution in [1.29, 1.82) is 0 Å². The van der Waals surface area contributed by atoms with Crippen LogP contribution in [0, 0.1) is 5.41 Å². The summed E-state index contributed by atoms with van der Waals surface area (Å²) in [5.41, 5.74) is -0.857. The normalized spacial score (nSPS) is 35.0. The SMILES string of the molecule is CC(=O)N1C[C@@H]2OCCC[C@]2(C(=O)O)C1. The van der Waals surface area contributed by atoms with Crippen LogP contribution >= 0.6 is 0 Å². The molecule has 0 aromatic heterocycles. The lowest BCUT2D eigenvalue weighted by Gasteiger charge is -2.33. The summed E-state index contributed by atoms with van der Waals surface area (Å²) in [5, 5.41) is 9.28. The van der Waals surface area contributed by atoms with Crippen molar-refractivity contribution < 1.29 is 19.4 Å². The van der Waals surface area contributed by atoms with E-state index in [0.717, 1.165) is 6.42 Å². The van der Waals surface area contributed by atoms with E-state index in [9.17, 15) is 14.7 Å². The first-order valence-corrected chi connectivity index (χ1v) is 5.17. The molecular weight excluding hydrogens is 198 g/mol. The summed E-state index contributed by atoms with van der Waals surface area (Å²) in [6.45, 7) is 2.78. The highest BCUT2D eigenvalue weighted by atomic mass is 16.5. The number of carbonyl (C=O) groups is 2. The molecule has 84 valence electrons. The van der Waals surface area contributed by atoms with Crippen molar-refractivity contribution in [2.45, 2.75) is 25.9 Å². The summed E-state index contributed by atoms with van der Waals surface area (Å²) in [4.78, 5) is 24.1. The molecule has 2 aliphatic heterocycles. The van der Waals surface area contributed by atoms with Crippen molar-refractivity contribution in [3.05, 3.63) is 0 Å². The monoisotopic (exact) mass is 213 g/mol. The summed E-state index contributed by atoms with van der Waals surface area (Å²) in [6, 6.07) is 0. The van der Waals surface area contributed by atoms with Crippen LogP contribution in [-0.2, 0) is 14.3 Å². The minimum absolute atomic E-state index is 0.0753. The number of carboxylic acids is 1. The highest BCUT2D eigenvalue weighted by molar-refractivity contribution is 5.80. The smallest absolute Gasteiger partial charge is 0.314 e. The van der Waals surface area contributed by atoms with Crippen molar-refractivity contribution in [2.24, 2.45) is 5.41 Å². The molecule has 2 saturated heterocycles. The Labute approximate surface area is 88.0 Å². The van der Waals surface area contributed by atoms with Crippen LogP contribution in [0.5, 0.6) is 0 Å². The van der Waals surface area contributed by atoms with Crippen LogP contribution < -0.4 is 0 Å². The molecule has 0 saturated carbocycles. The zero-order valence-corrected chi connectivity index (χ0v) is 8.73. The lowest BCUT2D eigenvalue weighted by Crippen LogP contribution is -2.46. The Bertz CT molecular complexity index is 304. The Morgan fingerprint density at radius 3 is 2.80 bits per heavy atom. The number of likely N-dealkylation sites (tertiary alicyclic amines) is 1. The number of hydrogen-bond donors (Lipinski definition) is 1. The quantitative estimate of drug-likeness (QED) is 0.670. The second-order valence-corrected chi connectivity index (χ2v) is 4.32. The van der Waals surface area contributed by atoms with Gasteiger partial charge in [-0.15, -0.1) is 0 Å². The van der Waals surface area contributed by atoms with Crippen LogP contribution in [-0.4, -0.2) is 47.7 Å². The lowest BCUT2D eigenvalue weighted by molar-refractivity contribution is -0.161. The number of aliphatic carboxylic acids is 1. The standard InChI is InChI=1S/C10H15NO4/c1-7(12)11-5-8-10(6-11,9(13)14)3-2-4-15-8/h8H,2-6H2,1H3,(H,13,14)/t8-,10-/m0/s1. The molecule has 2 rings (SSSR count). The van der Waals surface area contributed by atoms with Gasteiger partial charge in [0, 0.05) is 26.6 Å². The molecule has 2 atom stereocenters.